The van der Waals surface area contributed by atoms with Crippen molar-refractivity contribution in [1.29, 1.82) is 0 Å². The van der Waals surface area contributed by atoms with Gasteiger partial charge in [-0.3, -0.25) is 5.10 Å². The Morgan fingerprint density at radius 1 is 1.36 bits per heavy atom. The van der Waals surface area contributed by atoms with Gasteiger partial charge >= 0.3 is 6.09 Å². The number of aromatic amines is 1. The van der Waals surface area contributed by atoms with Gasteiger partial charge in [0.2, 0.25) is 10.0 Å². The molecule has 3 rings (SSSR count). The van der Waals surface area contributed by atoms with E-state index in [1.165, 1.54) is 21.3 Å². The molecule has 28 heavy (non-hydrogen) atoms. The molecular formula is C18H23ClN4O4S. The molecule has 0 bridgehead atoms. The van der Waals surface area contributed by atoms with Crippen molar-refractivity contribution in [3.63, 3.8) is 0 Å². The van der Waals surface area contributed by atoms with E-state index in [2.05, 4.69) is 10.2 Å². The molecule has 1 aliphatic rings. The lowest BCUT2D eigenvalue weighted by atomic mass is 9.95. The number of hydrogen-bond donors (Lipinski definition) is 1. The molecule has 1 aliphatic heterocycles. The summed E-state index contributed by atoms with van der Waals surface area (Å²) in [7, 11) is -0.697. The molecule has 10 heteroatoms. The topological polar surface area (TPSA) is 95.6 Å². The van der Waals surface area contributed by atoms with E-state index in [4.69, 9.17) is 16.3 Å². The van der Waals surface area contributed by atoms with Crippen LogP contribution in [0.1, 0.15) is 30.6 Å². The van der Waals surface area contributed by atoms with Crippen molar-refractivity contribution in [1.82, 2.24) is 19.4 Å². The van der Waals surface area contributed by atoms with Crippen LogP contribution in [0.4, 0.5) is 4.79 Å². The molecule has 2 atom stereocenters. The van der Waals surface area contributed by atoms with Crippen molar-refractivity contribution in [2.45, 2.75) is 36.7 Å². The van der Waals surface area contributed by atoms with Crippen molar-refractivity contribution in [3.05, 3.63) is 46.7 Å². The Hall–Kier alpha value is -2.10. The quantitative estimate of drug-likeness (QED) is 0.793. The molecule has 0 radical (unpaired) electrons. The van der Waals surface area contributed by atoms with Crippen LogP contribution in [0.3, 0.4) is 0 Å². The smallest absolute Gasteiger partial charge is 0.409 e. The second kappa shape index (κ2) is 8.10. The lowest BCUT2D eigenvalue weighted by Crippen LogP contribution is -2.49. The van der Waals surface area contributed by atoms with Gasteiger partial charge in [0, 0.05) is 36.8 Å². The summed E-state index contributed by atoms with van der Waals surface area (Å²) in [5, 5.41) is 7.48. The molecule has 0 saturated heterocycles. The Morgan fingerprint density at radius 3 is 2.64 bits per heavy atom. The van der Waals surface area contributed by atoms with Crippen LogP contribution in [0, 0.1) is 0 Å². The number of sulfonamides is 1. The molecule has 0 spiro atoms. The number of rotatable bonds is 5. The van der Waals surface area contributed by atoms with Crippen LogP contribution in [0.5, 0.6) is 0 Å². The third-order valence-electron chi connectivity index (χ3n) is 4.76. The number of H-pyrrole nitrogens is 1. The second-order valence-electron chi connectivity index (χ2n) is 6.85. The average molecular weight is 427 g/mol. The first-order valence-corrected chi connectivity index (χ1v) is 10.7. The van der Waals surface area contributed by atoms with E-state index in [9.17, 15) is 13.2 Å². The number of halogens is 1. The summed E-state index contributed by atoms with van der Waals surface area (Å²) in [6.45, 7) is 1.86. The zero-order valence-corrected chi connectivity index (χ0v) is 17.5. The molecule has 0 saturated carbocycles. The Morgan fingerprint density at radius 2 is 2.04 bits per heavy atom. The molecule has 1 N–H and O–H groups in total. The van der Waals surface area contributed by atoms with Crippen LogP contribution in [-0.2, 0) is 21.2 Å². The maximum absolute atomic E-state index is 13.5. The maximum Gasteiger partial charge on any atom is 0.409 e. The highest BCUT2D eigenvalue weighted by Crippen LogP contribution is 2.38. The molecule has 0 fully saturated rings. The van der Waals surface area contributed by atoms with E-state index in [0.717, 1.165) is 11.3 Å². The molecule has 152 valence electrons. The highest BCUT2D eigenvalue weighted by molar-refractivity contribution is 7.89. The largest absolute Gasteiger partial charge is 0.448 e. The predicted molar refractivity (Wildman–Crippen MR) is 105 cm³/mol. The minimum Gasteiger partial charge on any atom is -0.448 e. The van der Waals surface area contributed by atoms with Crippen LogP contribution in [0.25, 0.3) is 0 Å². The maximum atomic E-state index is 13.5. The second-order valence-corrected chi connectivity index (χ2v) is 9.13. The first-order chi connectivity index (χ1) is 13.3. The normalized spacial score (nSPS) is 19.9. The summed E-state index contributed by atoms with van der Waals surface area (Å²) in [6, 6.07) is 5.10. The number of nitrogens with one attached hydrogen (secondary N) is 1. The summed E-state index contributed by atoms with van der Waals surface area (Å²) >= 11 is 5.92. The van der Waals surface area contributed by atoms with Crippen LogP contribution >= 0.6 is 11.6 Å². The van der Waals surface area contributed by atoms with Gasteiger partial charge in [0.1, 0.15) is 6.61 Å². The van der Waals surface area contributed by atoms with E-state index in [-0.39, 0.29) is 11.5 Å². The van der Waals surface area contributed by atoms with Gasteiger partial charge in [0.15, 0.2) is 0 Å². The van der Waals surface area contributed by atoms with Crippen LogP contribution in [0.2, 0.25) is 5.02 Å². The Balaban J connectivity index is 2.01. The van der Waals surface area contributed by atoms with Crippen LogP contribution < -0.4 is 0 Å². The van der Waals surface area contributed by atoms with Crippen molar-refractivity contribution >= 4 is 27.7 Å². The summed E-state index contributed by atoms with van der Waals surface area (Å²) < 4.78 is 33.8. The first-order valence-electron chi connectivity index (χ1n) is 8.91. The first kappa shape index (κ1) is 20.6. The minimum absolute atomic E-state index is 0.0568. The molecular weight excluding hydrogens is 404 g/mol. The third kappa shape index (κ3) is 3.87. The summed E-state index contributed by atoms with van der Waals surface area (Å²) in [4.78, 5) is 13.3. The Bertz CT molecular complexity index is 943. The van der Waals surface area contributed by atoms with Gasteiger partial charge in [-0.1, -0.05) is 18.5 Å². The Labute approximate surface area is 169 Å². The van der Waals surface area contributed by atoms with Crippen molar-refractivity contribution in [2.24, 2.45) is 0 Å². The number of carbonyl (C=O) groups excluding carboxylic acids is 1. The van der Waals surface area contributed by atoms with Crippen LogP contribution in [0.15, 0.2) is 35.4 Å². The van der Waals surface area contributed by atoms with Crippen molar-refractivity contribution in [3.8, 4) is 0 Å². The lowest BCUT2D eigenvalue weighted by molar-refractivity contribution is 0.0817. The SMILES string of the molecule is CC[C@H]1c2cn[nH]c2C[C@H](COC(=O)N(C)C)N1S(=O)(=O)c1ccc(Cl)cc1. The van der Waals surface area contributed by atoms with E-state index in [1.54, 1.807) is 32.4 Å². The Kier molecular flexibility index (Phi) is 5.97. The number of ether oxygens (including phenoxy) is 1. The van der Waals surface area contributed by atoms with Gasteiger partial charge in [-0.15, -0.1) is 0 Å². The number of nitrogens with zero attached hydrogens (tertiary/aromatic N) is 3. The minimum atomic E-state index is -3.85. The fourth-order valence-electron chi connectivity index (χ4n) is 3.41. The van der Waals surface area contributed by atoms with E-state index in [0.29, 0.717) is 17.9 Å². The summed E-state index contributed by atoms with van der Waals surface area (Å²) in [6.07, 6.45) is 2.07. The standard InChI is InChI=1S/C18H23ClN4O4S/c1-4-17-15-10-20-21-16(15)9-13(11-27-18(24)22(2)3)23(17)28(25,26)14-7-5-12(19)6-8-14/h5-8,10,13,17H,4,9,11H2,1-3H3,(H,20,21)/t13-,17+/m1/s1. The number of amides is 1. The highest BCUT2D eigenvalue weighted by atomic mass is 35.5. The van der Waals surface area contributed by atoms with Gasteiger partial charge in [0.05, 0.1) is 23.2 Å². The number of hydrogen-bond acceptors (Lipinski definition) is 5. The highest BCUT2D eigenvalue weighted by Gasteiger charge is 2.43. The van der Waals surface area contributed by atoms with Gasteiger partial charge in [-0.05, 0) is 30.7 Å². The summed E-state index contributed by atoms with van der Waals surface area (Å²) in [5.74, 6) is 0. The van der Waals surface area contributed by atoms with Crippen LogP contribution in [-0.4, -0.2) is 60.7 Å². The molecule has 8 nitrogen and oxygen atoms in total. The van der Waals surface area contributed by atoms with Gasteiger partial charge < -0.3 is 9.64 Å². The number of carbonyl (C=O) groups is 1. The monoisotopic (exact) mass is 426 g/mol. The van der Waals surface area contributed by atoms with Gasteiger partial charge in [0.25, 0.3) is 0 Å². The fourth-order valence-corrected chi connectivity index (χ4v) is 5.39. The van der Waals surface area contributed by atoms with E-state index >= 15 is 0 Å². The zero-order chi connectivity index (χ0) is 20.5. The van der Waals surface area contributed by atoms with E-state index in [1.807, 2.05) is 6.92 Å². The average Bonchev–Trinajstić information content (AvgIpc) is 3.13. The summed E-state index contributed by atoms with van der Waals surface area (Å²) in [5.41, 5.74) is 1.70. The van der Waals surface area contributed by atoms with E-state index < -0.39 is 28.2 Å². The molecule has 2 heterocycles. The number of benzene rings is 1. The molecule has 2 aromatic rings. The molecule has 1 aromatic heterocycles. The van der Waals surface area contributed by atoms with Gasteiger partial charge in [-0.25, -0.2) is 13.2 Å². The fraction of sp³-hybridized carbons (Fsp3) is 0.444. The number of fused-ring (bicyclic) bond motifs is 1. The molecule has 0 aliphatic carbocycles. The zero-order valence-electron chi connectivity index (χ0n) is 15.9. The predicted octanol–water partition coefficient (Wildman–Crippen LogP) is 2.83. The molecule has 1 aromatic carbocycles. The lowest BCUT2D eigenvalue weighted by Gasteiger charge is -2.40. The van der Waals surface area contributed by atoms with Crippen molar-refractivity contribution < 1.29 is 17.9 Å². The van der Waals surface area contributed by atoms with Crippen molar-refractivity contribution in [2.75, 3.05) is 20.7 Å². The van der Waals surface area contributed by atoms with Gasteiger partial charge in [-0.2, -0.15) is 9.40 Å². The number of aromatic nitrogens is 2. The molecule has 1 amide bonds. The third-order valence-corrected chi connectivity index (χ3v) is 6.99. The molecule has 0 unspecified atom stereocenters.